The highest BCUT2D eigenvalue weighted by Gasteiger charge is 2.31. The number of fused-ring (bicyclic) bond motifs is 1. The quantitative estimate of drug-likeness (QED) is 0.792. The number of para-hydroxylation sites is 1. The molecule has 1 aromatic carbocycles. The molecule has 1 atom stereocenters. The van der Waals surface area contributed by atoms with Crippen molar-refractivity contribution in [2.75, 3.05) is 32.8 Å². The van der Waals surface area contributed by atoms with Crippen LogP contribution in [0.3, 0.4) is 0 Å². The number of benzene rings is 1. The van der Waals surface area contributed by atoms with Gasteiger partial charge >= 0.3 is 0 Å². The SMILES string of the molecule is CC(=O)N1CCCN(C(=O)[C@H]2CCOc3ccccc32)CC1. The highest BCUT2D eigenvalue weighted by atomic mass is 16.5. The first-order valence-corrected chi connectivity index (χ1v) is 7.93. The minimum absolute atomic E-state index is 0.0886. The van der Waals surface area contributed by atoms with Gasteiger partial charge in [0.25, 0.3) is 0 Å². The summed E-state index contributed by atoms with van der Waals surface area (Å²) < 4.78 is 5.64. The third-order valence-electron chi connectivity index (χ3n) is 4.51. The van der Waals surface area contributed by atoms with Crippen molar-refractivity contribution >= 4 is 11.8 Å². The summed E-state index contributed by atoms with van der Waals surface area (Å²) in [6.07, 6.45) is 1.57. The Balaban J connectivity index is 1.73. The van der Waals surface area contributed by atoms with E-state index in [2.05, 4.69) is 0 Å². The lowest BCUT2D eigenvalue weighted by Crippen LogP contribution is -2.40. The minimum atomic E-state index is -0.117. The van der Waals surface area contributed by atoms with Crippen molar-refractivity contribution in [2.45, 2.75) is 25.7 Å². The summed E-state index contributed by atoms with van der Waals surface area (Å²) in [7, 11) is 0. The molecule has 118 valence electrons. The fourth-order valence-electron chi connectivity index (χ4n) is 3.27. The van der Waals surface area contributed by atoms with Crippen LogP contribution in [0.15, 0.2) is 24.3 Å². The van der Waals surface area contributed by atoms with Crippen LogP contribution in [0.4, 0.5) is 0 Å². The molecule has 5 nitrogen and oxygen atoms in total. The van der Waals surface area contributed by atoms with Gasteiger partial charge in [-0.2, -0.15) is 0 Å². The molecule has 1 saturated heterocycles. The number of ether oxygens (including phenoxy) is 1. The number of carbonyl (C=O) groups excluding carboxylic acids is 2. The smallest absolute Gasteiger partial charge is 0.230 e. The third kappa shape index (κ3) is 2.93. The van der Waals surface area contributed by atoms with Crippen LogP contribution in [-0.2, 0) is 9.59 Å². The zero-order valence-electron chi connectivity index (χ0n) is 13.0. The molecule has 0 unspecified atom stereocenters. The number of hydrogen-bond acceptors (Lipinski definition) is 3. The van der Waals surface area contributed by atoms with Crippen molar-refractivity contribution in [3.63, 3.8) is 0 Å². The van der Waals surface area contributed by atoms with Crippen molar-refractivity contribution in [1.82, 2.24) is 9.80 Å². The van der Waals surface area contributed by atoms with E-state index in [1.54, 1.807) is 6.92 Å². The van der Waals surface area contributed by atoms with Gasteiger partial charge in [0, 0.05) is 38.7 Å². The van der Waals surface area contributed by atoms with Crippen LogP contribution in [-0.4, -0.2) is 54.4 Å². The molecule has 22 heavy (non-hydrogen) atoms. The van der Waals surface area contributed by atoms with Gasteiger partial charge in [0.2, 0.25) is 11.8 Å². The molecule has 0 spiro atoms. The van der Waals surface area contributed by atoms with Gasteiger partial charge in [-0.25, -0.2) is 0 Å². The maximum atomic E-state index is 12.9. The molecule has 2 heterocycles. The predicted octanol–water partition coefficient (Wildman–Crippen LogP) is 1.63. The third-order valence-corrected chi connectivity index (χ3v) is 4.51. The van der Waals surface area contributed by atoms with Gasteiger partial charge in [-0.1, -0.05) is 18.2 Å². The van der Waals surface area contributed by atoms with E-state index in [0.717, 1.165) is 37.2 Å². The van der Waals surface area contributed by atoms with Crippen molar-refractivity contribution in [1.29, 1.82) is 0 Å². The molecule has 0 radical (unpaired) electrons. The summed E-state index contributed by atoms with van der Waals surface area (Å²) in [6.45, 7) is 4.89. The maximum absolute atomic E-state index is 12.9. The molecule has 0 N–H and O–H groups in total. The minimum Gasteiger partial charge on any atom is -0.493 e. The van der Waals surface area contributed by atoms with E-state index < -0.39 is 0 Å². The predicted molar refractivity (Wildman–Crippen MR) is 82.7 cm³/mol. The normalized spacial score (nSPS) is 21.6. The Kier molecular flexibility index (Phi) is 4.32. The van der Waals surface area contributed by atoms with Crippen molar-refractivity contribution in [2.24, 2.45) is 0 Å². The highest BCUT2D eigenvalue weighted by Crippen LogP contribution is 2.34. The van der Waals surface area contributed by atoms with E-state index in [-0.39, 0.29) is 17.7 Å². The van der Waals surface area contributed by atoms with Gasteiger partial charge in [0.1, 0.15) is 5.75 Å². The summed E-state index contributed by atoms with van der Waals surface area (Å²) in [5.41, 5.74) is 0.992. The fourth-order valence-corrected chi connectivity index (χ4v) is 3.27. The van der Waals surface area contributed by atoms with Crippen LogP contribution in [0.2, 0.25) is 0 Å². The van der Waals surface area contributed by atoms with Crippen LogP contribution < -0.4 is 4.74 Å². The number of carbonyl (C=O) groups is 2. The second-order valence-corrected chi connectivity index (χ2v) is 5.91. The Hall–Kier alpha value is -2.04. The van der Waals surface area contributed by atoms with E-state index in [0.29, 0.717) is 19.7 Å². The lowest BCUT2D eigenvalue weighted by atomic mass is 9.91. The summed E-state index contributed by atoms with van der Waals surface area (Å²) in [6, 6.07) is 7.79. The Morgan fingerprint density at radius 1 is 1.09 bits per heavy atom. The largest absolute Gasteiger partial charge is 0.493 e. The first-order valence-electron chi connectivity index (χ1n) is 7.93. The molecule has 2 aliphatic heterocycles. The van der Waals surface area contributed by atoms with Crippen molar-refractivity contribution < 1.29 is 14.3 Å². The summed E-state index contributed by atoms with van der Waals surface area (Å²) in [5, 5.41) is 0. The van der Waals surface area contributed by atoms with Crippen molar-refractivity contribution in [3.8, 4) is 5.75 Å². The molecule has 0 aliphatic carbocycles. The summed E-state index contributed by atoms with van der Waals surface area (Å²) in [5.74, 6) is 0.966. The van der Waals surface area contributed by atoms with Crippen LogP contribution in [0.25, 0.3) is 0 Å². The molecule has 2 aliphatic rings. The summed E-state index contributed by atoms with van der Waals surface area (Å²) >= 11 is 0. The Morgan fingerprint density at radius 2 is 1.82 bits per heavy atom. The zero-order chi connectivity index (χ0) is 15.5. The fraction of sp³-hybridized carbons (Fsp3) is 0.529. The summed E-state index contributed by atoms with van der Waals surface area (Å²) in [4.78, 5) is 28.1. The number of nitrogens with zero attached hydrogens (tertiary/aromatic N) is 2. The van der Waals surface area contributed by atoms with Crippen LogP contribution in [0.1, 0.15) is 31.2 Å². The monoisotopic (exact) mass is 302 g/mol. The molecule has 0 bridgehead atoms. The van der Waals surface area contributed by atoms with Gasteiger partial charge in [-0.15, -0.1) is 0 Å². The molecule has 5 heteroatoms. The van der Waals surface area contributed by atoms with Gasteiger partial charge in [0.15, 0.2) is 0 Å². The molecule has 0 saturated carbocycles. The Labute approximate surface area is 130 Å². The van der Waals surface area contributed by atoms with E-state index in [4.69, 9.17) is 4.74 Å². The van der Waals surface area contributed by atoms with Gasteiger partial charge < -0.3 is 14.5 Å². The average Bonchev–Trinajstić information content (AvgIpc) is 2.80. The lowest BCUT2D eigenvalue weighted by Gasteiger charge is -2.30. The average molecular weight is 302 g/mol. The molecule has 3 rings (SSSR count). The first kappa shape index (κ1) is 14.9. The second kappa shape index (κ2) is 6.38. The van der Waals surface area contributed by atoms with E-state index in [9.17, 15) is 9.59 Å². The second-order valence-electron chi connectivity index (χ2n) is 5.91. The van der Waals surface area contributed by atoms with E-state index in [1.807, 2.05) is 34.1 Å². The molecular weight excluding hydrogens is 280 g/mol. The maximum Gasteiger partial charge on any atom is 0.230 e. The molecular formula is C17H22N2O3. The van der Waals surface area contributed by atoms with Gasteiger partial charge in [-0.05, 0) is 18.9 Å². The standard InChI is InChI=1S/C17H22N2O3/c1-13(20)18-8-4-9-19(11-10-18)17(21)15-7-12-22-16-6-3-2-5-14(15)16/h2-3,5-6,15H,4,7-12H2,1H3/t15-/m0/s1. The van der Waals surface area contributed by atoms with Crippen LogP contribution >= 0.6 is 0 Å². The molecule has 1 aromatic rings. The topological polar surface area (TPSA) is 49.9 Å². The van der Waals surface area contributed by atoms with Crippen molar-refractivity contribution in [3.05, 3.63) is 29.8 Å². The molecule has 2 amide bonds. The number of hydrogen-bond donors (Lipinski definition) is 0. The Morgan fingerprint density at radius 3 is 2.64 bits per heavy atom. The van der Waals surface area contributed by atoms with E-state index >= 15 is 0 Å². The first-order chi connectivity index (χ1) is 10.7. The number of rotatable bonds is 1. The zero-order valence-corrected chi connectivity index (χ0v) is 13.0. The van der Waals surface area contributed by atoms with Gasteiger partial charge in [0.05, 0.1) is 12.5 Å². The highest BCUT2D eigenvalue weighted by molar-refractivity contribution is 5.85. The molecule has 0 aromatic heterocycles. The van der Waals surface area contributed by atoms with Crippen LogP contribution in [0.5, 0.6) is 5.75 Å². The Bertz CT molecular complexity index is 573. The van der Waals surface area contributed by atoms with E-state index in [1.165, 1.54) is 0 Å². The number of amides is 2. The van der Waals surface area contributed by atoms with Gasteiger partial charge in [-0.3, -0.25) is 9.59 Å². The lowest BCUT2D eigenvalue weighted by molar-refractivity contribution is -0.134. The molecule has 1 fully saturated rings. The van der Waals surface area contributed by atoms with Crippen LogP contribution in [0, 0.1) is 0 Å².